The van der Waals surface area contributed by atoms with Crippen LogP contribution in [0, 0.1) is 5.82 Å². The monoisotopic (exact) mass is 345 g/mol. The van der Waals surface area contributed by atoms with Crippen molar-refractivity contribution >= 4 is 18.0 Å². The minimum absolute atomic E-state index is 0.0196. The van der Waals surface area contributed by atoms with Gasteiger partial charge < -0.3 is 14.4 Å². The van der Waals surface area contributed by atoms with Gasteiger partial charge in [-0.05, 0) is 43.5 Å². The lowest BCUT2D eigenvalue weighted by molar-refractivity contribution is -0.138. The molecule has 5 nitrogen and oxygen atoms in total. The van der Waals surface area contributed by atoms with E-state index in [1.54, 1.807) is 25.1 Å². The van der Waals surface area contributed by atoms with E-state index in [9.17, 15) is 14.0 Å². The highest BCUT2D eigenvalue weighted by Crippen LogP contribution is 2.27. The number of hydrogen-bond acceptors (Lipinski definition) is 4. The van der Waals surface area contributed by atoms with Gasteiger partial charge in [0.05, 0.1) is 30.4 Å². The van der Waals surface area contributed by atoms with Crippen molar-refractivity contribution in [2.75, 3.05) is 19.8 Å². The second-order valence-corrected chi connectivity index (χ2v) is 5.97. The fourth-order valence-electron chi connectivity index (χ4n) is 2.93. The van der Waals surface area contributed by atoms with Crippen molar-refractivity contribution in [1.82, 2.24) is 4.90 Å². The molecule has 0 aromatic heterocycles. The van der Waals surface area contributed by atoms with Crippen LogP contribution in [0.15, 0.2) is 41.6 Å². The maximum Gasteiger partial charge on any atom is 0.340 e. The Kier molecular flexibility index (Phi) is 5.28. The van der Waals surface area contributed by atoms with E-state index >= 15 is 0 Å². The molecule has 2 heterocycles. The lowest BCUT2D eigenvalue weighted by Crippen LogP contribution is -2.30. The Labute approximate surface area is 145 Å². The zero-order chi connectivity index (χ0) is 17.8. The molecule has 132 valence electrons. The summed E-state index contributed by atoms with van der Waals surface area (Å²) in [5, 5.41) is 0. The minimum Gasteiger partial charge on any atom is -0.462 e. The lowest BCUT2D eigenvalue weighted by Gasteiger charge is -2.17. The standard InChI is InChI=1S/C19H20FNO4/c1-2-24-19(23)17-12-21(11-15-4-3-9-25-15)18(22)16(17)10-13-5-7-14(20)8-6-13/h5-8,10,12,15H,2-4,9,11H2,1H3/b16-10-. The highest BCUT2D eigenvalue weighted by Gasteiger charge is 2.34. The number of nitrogens with zero attached hydrogens (tertiary/aromatic N) is 1. The van der Waals surface area contributed by atoms with Gasteiger partial charge in [-0.3, -0.25) is 4.79 Å². The van der Waals surface area contributed by atoms with Gasteiger partial charge in [0.25, 0.3) is 5.91 Å². The number of hydrogen-bond donors (Lipinski definition) is 0. The molecule has 25 heavy (non-hydrogen) atoms. The molecule has 1 unspecified atom stereocenters. The highest BCUT2D eigenvalue weighted by molar-refractivity contribution is 6.15. The van der Waals surface area contributed by atoms with Gasteiger partial charge in [-0.1, -0.05) is 12.1 Å². The SMILES string of the molecule is CCOC(=O)C1=CN(CC2CCCO2)C(=O)/C1=C\c1ccc(F)cc1. The Morgan fingerprint density at radius 1 is 1.40 bits per heavy atom. The lowest BCUT2D eigenvalue weighted by atomic mass is 10.1. The molecule has 1 aromatic carbocycles. The topological polar surface area (TPSA) is 55.8 Å². The molecule has 1 amide bonds. The predicted octanol–water partition coefficient (Wildman–Crippen LogP) is 2.68. The first kappa shape index (κ1) is 17.4. The molecule has 0 radical (unpaired) electrons. The first-order chi connectivity index (χ1) is 12.1. The highest BCUT2D eigenvalue weighted by atomic mass is 19.1. The van der Waals surface area contributed by atoms with E-state index in [2.05, 4.69) is 0 Å². The smallest absolute Gasteiger partial charge is 0.340 e. The summed E-state index contributed by atoms with van der Waals surface area (Å²) in [5.74, 6) is -1.18. The zero-order valence-electron chi connectivity index (χ0n) is 14.0. The normalized spacial score (nSPS) is 21.8. The zero-order valence-corrected chi connectivity index (χ0v) is 14.0. The average Bonchev–Trinajstić information content (AvgIpc) is 3.21. The Morgan fingerprint density at radius 2 is 2.16 bits per heavy atom. The van der Waals surface area contributed by atoms with Crippen LogP contribution < -0.4 is 0 Å². The van der Waals surface area contributed by atoms with E-state index in [4.69, 9.17) is 9.47 Å². The summed E-state index contributed by atoms with van der Waals surface area (Å²) in [5.41, 5.74) is 1.11. The first-order valence-electron chi connectivity index (χ1n) is 8.37. The van der Waals surface area contributed by atoms with Crippen molar-refractivity contribution in [2.45, 2.75) is 25.9 Å². The van der Waals surface area contributed by atoms with E-state index in [1.165, 1.54) is 23.2 Å². The molecule has 6 heteroatoms. The molecule has 2 aliphatic rings. The molecule has 1 atom stereocenters. The Bertz CT molecular complexity index is 717. The number of rotatable bonds is 5. The fourth-order valence-corrected chi connectivity index (χ4v) is 2.93. The van der Waals surface area contributed by atoms with Crippen LogP contribution in [0.4, 0.5) is 4.39 Å². The van der Waals surface area contributed by atoms with Gasteiger partial charge in [0, 0.05) is 12.8 Å². The quantitative estimate of drug-likeness (QED) is 0.608. The van der Waals surface area contributed by atoms with Crippen LogP contribution in [0.2, 0.25) is 0 Å². The van der Waals surface area contributed by atoms with Crippen LogP contribution in [-0.4, -0.2) is 42.6 Å². The van der Waals surface area contributed by atoms with Crippen molar-refractivity contribution < 1.29 is 23.5 Å². The van der Waals surface area contributed by atoms with Crippen LogP contribution in [0.25, 0.3) is 6.08 Å². The van der Waals surface area contributed by atoms with Gasteiger partial charge in [-0.25, -0.2) is 9.18 Å². The summed E-state index contributed by atoms with van der Waals surface area (Å²) in [6, 6.07) is 5.73. The van der Waals surface area contributed by atoms with Crippen LogP contribution in [0.5, 0.6) is 0 Å². The molecule has 1 fully saturated rings. The number of esters is 1. The summed E-state index contributed by atoms with van der Waals surface area (Å²) >= 11 is 0. The van der Waals surface area contributed by atoms with Gasteiger partial charge in [-0.2, -0.15) is 0 Å². The maximum atomic E-state index is 13.1. The van der Waals surface area contributed by atoms with Crippen LogP contribution >= 0.6 is 0 Å². The average molecular weight is 345 g/mol. The van der Waals surface area contributed by atoms with Gasteiger partial charge in [0.1, 0.15) is 5.82 Å². The second-order valence-electron chi connectivity index (χ2n) is 5.97. The predicted molar refractivity (Wildman–Crippen MR) is 89.8 cm³/mol. The van der Waals surface area contributed by atoms with Crippen LogP contribution in [0.3, 0.4) is 0 Å². The van der Waals surface area contributed by atoms with E-state index < -0.39 is 5.97 Å². The van der Waals surface area contributed by atoms with Gasteiger partial charge >= 0.3 is 5.97 Å². The fraction of sp³-hybridized carbons (Fsp3) is 0.368. The van der Waals surface area contributed by atoms with Crippen molar-refractivity contribution in [3.8, 4) is 0 Å². The van der Waals surface area contributed by atoms with Crippen molar-refractivity contribution in [3.05, 3.63) is 53.0 Å². The summed E-state index contributed by atoms with van der Waals surface area (Å²) in [7, 11) is 0. The third kappa shape index (κ3) is 3.96. The third-order valence-corrected chi connectivity index (χ3v) is 4.17. The molecule has 0 spiro atoms. The van der Waals surface area contributed by atoms with Crippen molar-refractivity contribution in [3.63, 3.8) is 0 Å². The molecular formula is C19H20FNO4. The molecule has 0 aliphatic carbocycles. The number of amides is 1. The number of halogens is 1. The molecule has 1 saturated heterocycles. The van der Waals surface area contributed by atoms with E-state index in [1.807, 2.05) is 0 Å². The summed E-state index contributed by atoms with van der Waals surface area (Å²) in [6.07, 6.45) is 4.95. The third-order valence-electron chi connectivity index (χ3n) is 4.17. The largest absolute Gasteiger partial charge is 0.462 e. The van der Waals surface area contributed by atoms with Gasteiger partial charge in [0.2, 0.25) is 0 Å². The molecule has 0 saturated carbocycles. The Morgan fingerprint density at radius 3 is 2.80 bits per heavy atom. The van der Waals surface area contributed by atoms with E-state index in [0.29, 0.717) is 18.7 Å². The Balaban J connectivity index is 1.88. The number of carbonyl (C=O) groups is 2. The minimum atomic E-state index is -0.543. The number of benzene rings is 1. The number of ether oxygens (including phenoxy) is 2. The van der Waals surface area contributed by atoms with Crippen LogP contribution in [-0.2, 0) is 19.1 Å². The molecule has 0 N–H and O–H groups in total. The molecule has 3 rings (SSSR count). The molecule has 0 bridgehead atoms. The van der Waals surface area contributed by atoms with E-state index in [-0.39, 0.29) is 35.6 Å². The molecule has 2 aliphatic heterocycles. The molecule has 1 aromatic rings. The molecular weight excluding hydrogens is 325 g/mol. The first-order valence-corrected chi connectivity index (χ1v) is 8.37. The summed E-state index contributed by atoms with van der Waals surface area (Å²) in [6.45, 7) is 3.03. The summed E-state index contributed by atoms with van der Waals surface area (Å²) in [4.78, 5) is 26.5. The van der Waals surface area contributed by atoms with Crippen molar-refractivity contribution in [2.24, 2.45) is 0 Å². The van der Waals surface area contributed by atoms with E-state index in [0.717, 1.165) is 12.8 Å². The maximum absolute atomic E-state index is 13.1. The van der Waals surface area contributed by atoms with Crippen LogP contribution in [0.1, 0.15) is 25.3 Å². The second kappa shape index (κ2) is 7.61. The van der Waals surface area contributed by atoms with Gasteiger partial charge in [-0.15, -0.1) is 0 Å². The van der Waals surface area contributed by atoms with Crippen molar-refractivity contribution in [1.29, 1.82) is 0 Å². The summed E-state index contributed by atoms with van der Waals surface area (Å²) < 4.78 is 23.7. The Hall–Kier alpha value is -2.47. The van der Waals surface area contributed by atoms with Gasteiger partial charge in [0.15, 0.2) is 0 Å². The number of carbonyl (C=O) groups excluding carboxylic acids is 2.